The molecule has 1 fully saturated rings. The Morgan fingerprint density at radius 1 is 1.71 bits per heavy atom. The lowest BCUT2D eigenvalue weighted by atomic mass is 10.2. The van der Waals surface area contributed by atoms with Gasteiger partial charge in [-0.25, -0.2) is 0 Å². The fourth-order valence-corrected chi connectivity index (χ4v) is 2.51. The molecule has 1 N–H and O–H groups in total. The van der Waals surface area contributed by atoms with E-state index in [0.717, 1.165) is 19.6 Å². The van der Waals surface area contributed by atoms with Crippen LogP contribution in [0.1, 0.15) is 17.8 Å². The van der Waals surface area contributed by atoms with Crippen molar-refractivity contribution in [2.75, 3.05) is 19.6 Å². The molecule has 76 valence electrons. The van der Waals surface area contributed by atoms with E-state index in [2.05, 4.69) is 16.8 Å². The van der Waals surface area contributed by atoms with Gasteiger partial charge in [0.15, 0.2) is 0 Å². The SMILES string of the molecule is CC(=O)N1CCNC(c2cccs2)C1. The summed E-state index contributed by atoms with van der Waals surface area (Å²) in [5, 5.41) is 5.50. The zero-order valence-corrected chi connectivity index (χ0v) is 9.01. The van der Waals surface area contributed by atoms with Crippen molar-refractivity contribution in [2.24, 2.45) is 0 Å². The zero-order valence-electron chi connectivity index (χ0n) is 8.19. The Kier molecular flexibility index (Phi) is 2.84. The number of carbonyl (C=O) groups is 1. The molecule has 0 saturated carbocycles. The average molecular weight is 210 g/mol. The van der Waals surface area contributed by atoms with E-state index < -0.39 is 0 Å². The van der Waals surface area contributed by atoms with Crippen molar-refractivity contribution in [3.8, 4) is 0 Å². The van der Waals surface area contributed by atoms with Crippen molar-refractivity contribution in [3.05, 3.63) is 22.4 Å². The maximum Gasteiger partial charge on any atom is 0.219 e. The monoisotopic (exact) mass is 210 g/mol. The average Bonchev–Trinajstić information content (AvgIpc) is 2.71. The van der Waals surface area contributed by atoms with Gasteiger partial charge in [-0.05, 0) is 11.4 Å². The standard InChI is InChI=1S/C10H14N2OS/c1-8(13)12-5-4-11-9(7-12)10-3-2-6-14-10/h2-3,6,9,11H,4-5,7H2,1H3. The summed E-state index contributed by atoms with van der Waals surface area (Å²) in [6.07, 6.45) is 0. The molecule has 4 heteroatoms. The van der Waals surface area contributed by atoms with Crippen LogP contribution in [0.25, 0.3) is 0 Å². The van der Waals surface area contributed by atoms with Gasteiger partial charge in [-0.1, -0.05) is 6.07 Å². The van der Waals surface area contributed by atoms with Crippen LogP contribution in [0.3, 0.4) is 0 Å². The lowest BCUT2D eigenvalue weighted by Gasteiger charge is -2.32. The lowest BCUT2D eigenvalue weighted by molar-refractivity contribution is -0.130. The van der Waals surface area contributed by atoms with Gasteiger partial charge in [0, 0.05) is 31.4 Å². The van der Waals surface area contributed by atoms with Gasteiger partial charge in [0.2, 0.25) is 5.91 Å². The molecule has 0 spiro atoms. The molecular weight excluding hydrogens is 196 g/mol. The van der Waals surface area contributed by atoms with Crippen molar-refractivity contribution in [3.63, 3.8) is 0 Å². The summed E-state index contributed by atoms with van der Waals surface area (Å²) in [5.41, 5.74) is 0. The van der Waals surface area contributed by atoms with Gasteiger partial charge >= 0.3 is 0 Å². The summed E-state index contributed by atoms with van der Waals surface area (Å²) in [6, 6.07) is 4.49. The smallest absolute Gasteiger partial charge is 0.219 e. The molecule has 1 aromatic rings. The molecule has 1 atom stereocenters. The van der Waals surface area contributed by atoms with Crippen LogP contribution in [0, 0.1) is 0 Å². The second kappa shape index (κ2) is 4.11. The summed E-state index contributed by atoms with van der Waals surface area (Å²) >= 11 is 1.74. The van der Waals surface area contributed by atoms with Crippen molar-refractivity contribution in [1.82, 2.24) is 10.2 Å². The minimum Gasteiger partial charge on any atom is -0.340 e. The number of hydrogen-bond donors (Lipinski definition) is 1. The fraction of sp³-hybridized carbons (Fsp3) is 0.500. The highest BCUT2D eigenvalue weighted by Crippen LogP contribution is 2.21. The first-order valence-electron chi connectivity index (χ1n) is 4.79. The second-order valence-electron chi connectivity index (χ2n) is 3.49. The Labute approximate surface area is 87.7 Å². The molecule has 1 saturated heterocycles. The van der Waals surface area contributed by atoms with Gasteiger partial charge in [-0.3, -0.25) is 4.79 Å². The Hall–Kier alpha value is -0.870. The molecule has 1 aromatic heterocycles. The molecule has 1 aliphatic rings. The summed E-state index contributed by atoms with van der Waals surface area (Å²) in [7, 11) is 0. The van der Waals surface area contributed by atoms with E-state index >= 15 is 0 Å². The summed E-state index contributed by atoms with van der Waals surface area (Å²) in [4.78, 5) is 14.4. The third-order valence-electron chi connectivity index (χ3n) is 2.51. The van der Waals surface area contributed by atoms with Crippen LogP contribution in [0.4, 0.5) is 0 Å². The van der Waals surface area contributed by atoms with E-state index in [4.69, 9.17) is 0 Å². The van der Waals surface area contributed by atoms with Crippen LogP contribution in [0.5, 0.6) is 0 Å². The molecule has 0 bridgehead atoms. The Balaban J connectivity index is 2.04. The first-order chi connectivity index (χ1) is 6.77. The van der Waals surface area contributed by atoms with E-state index in [1.807, 2.05) is 11.0 Å². The third kappa shape index (κ3) is 1.96. The molecular formula is C10H14N2OS. The summed E-state index contributed by atoms with van der Waals surface area (Å²) < 4.78 is 0. The molecule has 0 radical (unpaired) electrons. The number of nitrogens with zero attached hydrogens (tertiary/aromatic N) is 1. The third-order valence-corrected chi connectivity index (χ3v) is 3.49. The highest BCUT2D eigenvalue weighted by Gasteiger charge is 2.22. The maximum atomic E-state index is 11.2. The predicted molar refractivity (Wildman–Crippen MR) is 57.3 cm³/mol. The first kappa shape index (κ1) is 9.68. The van der Waals surface area contributed by atoms with Gasteiger partial charge in [0.1, 0.15) is 0 Å². The molecule has 0 aromatic carbocycles. The number of nitrogens with one attached hydrogen (secondary N) is 1. The number of carbonyl (C=O) groups excluding carboxylic acids is 1. The van der Waals surface area contributed by atoms with Gasteiger partial charge in [-0.15, -0.1) is 11.3 Å². The van der Waals surface area contributed by atoms with Gasteiger partial charge in [-0.2, -0.15) is 0 Å². The second-order valence-corrected chi connectivity index (χ2v) is 4.47. The van der Waals surface area contributed by atoms with Crippen LogP contribution in [-0.4, -0.2) is 30.4 Å². The van der Waals surface area contributed by atoms with Crippen LogP contribution in [0.2, 0.25) is 0 Å². The van der Waals surface area contributed by atoms with Crippen LogP contribution >= 0.6 is 11.3 Å². The lowest BCUT2D eigenvalue weighted by Crippen LogP contribution is -2.47. The molecule has 2 rings (SSSR count). The normalized spacial score (nSPS) is 22.4. The number of thiophene rings is 1. The maximum absolute atomic E-state index is 11.2. The Bertz CT molecular complexity index is 310. The highest BCUT2D eigenvalue weighted by molar-refractivity contribution is 7.10. The van der Waals surface area contributed by atoms with Crippen molar-refractivity contribution >= 4 is 17.2 Å². The number of piperazine rings is 1. The van der Waals surface area contributed by atoms with E-state index in [9.17, 15) is 4.79 Å². The first-order valence-corrected chi connectivity index (χ1v) is 5.67. The van der Waals surface area contributed by atoms with Gasteiger partial charge in [0.05, 0.1) is 6.04 Å². The van der Waals surface area contributed by atoms with Gasteiger partial charge < -0.3 is 10.2 Å². The summed E-state index contributed by atoms with van der Waals surface area (Å²) in [5.74, 6) is 0.174. The topological polar surface area (TPSA) is 32.3 Å². The fourth-order valence-electron chi connectivity index (χ4n) is 1.72. The van der Waals surface area contributed by atoms with Gasteiger partial charge in [0.25, 0.3) is 0 Å². The van der Waals surface area contributed by atoms with Crippen LogP contribution < -0.4 is 5.32 Å². The van der Waals surface area contributed by atoms with Crippen molar-refractivity contribution in [2.45, 2.75) is 13.0 Å². The van der Waals surface area contributed by atoms with E-state index in [1.54, 1.807) is 18.3 Å². The number of amides is 1. The van der Waals surface area contributed by atoms with E-state index in [0.29, 0.717) is 6.04 Å². The molecule has 1 amide bonds. The number of rotatable bonds is 1. The molecule has 1 unspecified atom stereocenters. The molecule has 3 nitrogen and oxygen atoms in total. The van der Waals surface area contributed by atoms with E-state index in [-0.39, 0.29) is 5.91 Å². The predicted octanol–water partition coefficient (Wildman–Crippen LogP) is 1.24. The summed E-state index contributed by atoms with van der Waals surface area (Å²) in [6.45, 7) is 4.16. The molecule has 0 aliphatic carbocycles. The molecule has 2 heterocycles. The Morgan fingerprint density at radius 3 is 3.21 bits per heavy atom. The van der Waals surface area contributed by atoms with E-state index in [1.165, 1.54) is 4.88 Å². The Morgan fingerprint density at radius 2 is 2.57 bits per heavy atom. The van der Waals surface area contributed by atoms with Crippen LogP contribution in [0.15, 0.2) is 17.5 Å². The molecule has 14 heavy (non-hydrogen) atoms. The molecule has 1 aliphatic heterocycles. The quantitative estimate of drug-likeness (QED) is 0.756. The minimum atomic E-state index is 0.174. The van der Waals surface area contributed by atoms with Crippen molar-refractivity contribution < 1.29 is 4.79 Å². The minimum absolute atomic E-state index is 0.174. The number of hydrogen-bond acceptors (Lipinski definition) is 3. The highest BCUT2D eigenvalue weighted by atomic mass is 32.1. The largest absolute Gasteiger partial charge is 0.340 e. The van der Waals surface area contributed by atoms with Crippen LogP contribution in [-0.2, 0) is 4.79 Å². The van der Waals surface area contributed by atoms with Crippen molar-refractivity contribution in [1.29, 1.82) is 0 Å². The zero-order chi connectivity index (χ0) is 9.97.